The number of carboxylic acids is 2. The van der Waals surface area contributed by atoms with E-state index in [1.807, 2.05) is 0 Å². The molecule has 138 valence electrons. The number of hydrogen-bond acceptors (Lipinski definition) is 2. The summed E-state index contributed by atoms with van der Waals surface area (Å²) >= 11 is 0. The Morgan fingerprint density at radius 3 is 1.67 bits per heavy atom. The van der Waals surface area contributed by atoms with Crippen molar-refractivity contribution in [3.05, 3.63) is 0 Å². The second-order valence-corrected chi connectivity index (χ2v) is 7.60. The summed E-state index contributed by atoms with van der Waals surface area (Å²) < 4.78 is 1.52. The molecule has 0 saturated carbocycles. The smallest absolute Gasteiger partial charge is 0.426 e. The van der Waals surface area contributed by atoms with Gasteiger partial charge in [-0.15, -0.1) is 0 Å². The molecular formula is C18H34N2O4+2. The van der Waals surface area contributed by atoms with Gasteiger partial charge in [0.25, 0.3) is 0 Å². The molecule has 0 spiro atoms. The standard InChI is InChI=1S/C18H32N2O4/c1-3-19(12-13-19)18(17(23)24,20(4-2)14-15-20)11-9-7-5-6-8-10-16(21)22/h3-15H2,1-2H3/p+2. The SMILES string of the molecule is CC[N+]1(C(CCCCCCCC(=O)O)(C(=O)O)[N+]2(CC)CC2)CC1. The third-order valence-electron chi connectivity index (χ3n) is 6.57. The minimum absolute atomic E-state index is 0.241. The fourth-order valence-electron chi connectivity index (χ4n) is 4.75. The molecule has 0 radical (unpaired) electrons. The van der Waals surface area contributed by atoms with Crippen LogP contribution in [0.2, 0.25) is 0 Å². The number of hydrogen-bond donors (Lipinski definition) is 2. The third-order valence-corrected chi connectivity index (χ3v) is 6.57. The Balaban J connectivity index is 1.95. The van der Waals surface area contributed by atoms with Crippen LogP contribution in [0.3, 0.4) is 0 Å². The van der Waals surface area contributed by atoms with Gasteiger partial charge in [0, 0.05) is 6.42 Å². The van der Waals surface area contributed by atoms with Crippen molar-refractivity contribution in [3.63, 3.8) is 0 Å². The van der Waals surface area contributed by atoms with Crippen LogP contribution < -0.4 is 0 Å². The zero-order chi connectivity index (χ0) is 17.8. The number of rotatable bonds is 13. The zero-order valence-electron chi connectivity index (χ0n) is 15.3. The minimum atomic E-state index is -0.730. The van der Waals surface area contributed by atoms with E-state index >= 15 is 0 Å². The number of carboxylic acid groups (broad SMARTS) is 2. The maximum atomic E-state index is 12.5. The van der Waals surface area contributed by atoms with Crippen LogP contribution in [0.1, 0.15) is 58.8 Å². The molecule has 2 aliphatic rings. The highest BCUT2D eigenvalue weighted by Crippen LogP contribution is 2.49. The summed E-state index contributed by atoms with van der Waals surface area (Å²) in [5.74, 6) is -1.33. The lowest BCUT2D eigenvalue weighted by molar-refractivity contribution is -1.05. The molecule has 2 rings (SSSR count). The van der Waals surface area contributed by atoms with Gasteiger partial charge in [-0.1, -0.05) is 19.3 Å². The lowest BCUT2D eigenvalue weighted by Gasteiger charge is -2.42. The maximum absolute atomic E-state index is 12.5. The van der Waals surface area contributed by atoms with E-state index in [2.05, 4.69) is 13.8 Å². The molecule has 0 aliphatic carbocycles. The fourth-order valence-corrected chi connectivity index (χ4v) is 4.75. The van der Waals surface area contributed by atoms with Crippen LogP contribution in [0.25, 0.3) is 0 Å². The highest BCUT2D eigenvalue weighted by Gasteiger charge is 2.77. The Morgan fingerprint density at radius 1 is 0.833 bits per heavy atom. The average molecular weight is 342 g/mol. The van der Waals surface area contributed by atoms with Gasteiger partial charge in [-0.25, -0.2) is 4.79 Å². The van der Waals surface area contributed by atoms with Gasteiger partial charge in [-0.2, -0.15) is 0 Å². The van der Waals surface area contributed by atoms with Crippen molar-refractivity contribution in [1.82, 2.24) is 0 Å². The Morgan fingerprint density at radius 2 is 1.29 bits per heavy atom. The quantitative estimate of drug-likeness (QED) is 0.306. The first kappa shape index (κ1) is 19.2. The van der Waals surface area contributed by atoms with Crippen molar-refractivity contribution in [2.45, 2.75) is 64.5 Å². The van der Waals surface area contributed by atoms with Crippen LogP contribution in [-0.4, -0.2) is 76.0 Å². The van der Waals surface area contributed by atoms with Crippen molar-refractivity contribution in [3.8, 4) is 0 Å². The van der Waals surface area contributed by atoms with Gasteiger partial charge >= 0.3 is 17.6 Å². The lowest BCUT2D eigenvalue weighted by Crippen LogP contribution is -2.69. The van der Waals surface area contributed by atoms with Crippen molar-refractivity contribution < 1.29 is 28.8 Å². The second kappa shape index (κ2) is 7.40. The molecule has 24 heavy (non-hydrogen) atoms. The van der Waals surface area contributed by atoms with E-state index in [0.29, 0.717) is 0 Å². The molecule has 2 fully saturated rings. The monoisotopic (exact) mass is 342 g/mol. The molecule has 2 N–H and O–H groups in total. The van der Waals surface area contributed by atoms with Crippen LogP contribution in [-0.2, 0) is 9.59 Å². The molecular weight excluding hydrogens is 308 g/mol. The number of aliphatic carboxylic acids is 2. The van der Waals surface area contributed by atoms with Crippen molar-refractivity contribution in [2.24, 2.45) is 0 Å². The topological polar surface area (TPSA) is 74.6 Å². The van der Waals surface area contributed by atoms with E-state index in [0.717, 1.165) is 86.8 Å². The van der Waals surface area contributed by atoms with Crippen LogP contribution >= 0.6 is 0 Å². The maximum Gasteiger partial charge on any atom is 0.426 e. The molecule has 0 aromatic carbocycles. The van der Waals surface area contributed by atoms with E-state index in [4.69, 9.17) is 5.11 Å². The largest absolute Gasteiger partial charge is 0.481 e. The molecule has 0 amide bonds. The first-order valence-electron chi connectivity index (χ1n) is 9.57. The number of carbonyl (C=O) groups is 2. The molecule has 2 aliphatic heterocycles. The first-order chi connectivity index (χ1) is 11.4. The average Bonchev–Trinajstić information content (AvgIpc) is 3.45. The van der Waals surface area contributed by atoms with Crippen LogP contribution in [0, 0.1) is 0 Å². The number of quaternary nitrogens is 2. The van der Waals surface area contributed by atoms with Gasteiger partial charge in [0.1, 0.15) is 26.2 Å². The molecule has 2 heterocycles. The van der Waals surface area contributed by atoms with Crippen molar-refractivity contribution in [2.75, 3.05) is 39.3 Å². The Kier molecular flexibility index (Phi) is 5.91. The van der Waals surface area contributed by atoms with Gasteiger partial charge in [0.2, 0.25) is 0 Å². The summed E-state index contributed by atoms with van der Waals surface area (Å²) in [6, 6.07) is 0. The Labute approximate surface area is 145 Å². The van der Waals surface area contributed by atoms with Crippen molar-refractivity contribution in [1.29, 1.82) is 0 Å². The normalized spacial score (nSPS) is 20.6. The van der Waals surface area contributed by atoms with Crippen LogP contribution in [0.15, 0.2) is 0 Å². The zero-order valence-corrected chi connectivity index (χ0v) is 15.3. The summed E-state index contributed by atoms with van der Waals surface area (Å²) in [7, 11) is 0. The second-order valence-electron chi connectivity index (χ2n) is 7.60. The van der Waals surface area contributed by atoms with Gasteiger partial charge in [-0.05, 0) is 26.7 Å². The molecule has 0 unspecified atom stereocenters. The predicted octanol–water partition coefficient (Wildman–Crippen LogP) is 2.28. The molecule has 2 saturated heterocycles. The summed E-state index contributed by atoms with van der Waals surface area (Å²) in [5, 5.41) is 18.9. The number of unbranched alkanes of at least 4 members (excludes halogenated alkanes) is 4. The summed E-state index contributed by atoms with van der Waals surface area (Å²) in [5.41, 5.74) is -0.648. The molecule has 0 atom stereocenters. The summed E-state index contributed by atoms with van der Waals surface area (Å²) in [6.07, 6.45) is 5.58. The molecule has 6 nitrogen and oxygen atoms in total. The van der Waals surface area contributed by atoms with Gasteiger partial charge in [0.05, 0.1) is 19.5 Å². The van der Waals surface area contributed by atoms with Crippen molar-refractivity contribution >= 4 is 11.9 Å². The first-order valence-corrected chi connectivity index (χ1v) is 9.57. The van der Waals surface area contributed by atoms with Gasteiger partial charge in [-0.3, -0.25) is 13.8 Å². The fraction of sp³-hybridized carbons (Fsp3) is 0.889. The van der Waals surface area contributed by atoms with E-state index in [-0.39, 0.29) is 6.42 Å². The predicted molar refractivity (Wildman–Crippen MR) is 91.4 cm³/mol. The Hall–Kier alpha value is -1.14. The molecule has 0 aromatic heterocycles. The summed E-state index contributed by atoms with van der Waals surface area (Å²) in [6.45, 7) is 10.1. The van der Waals surface area contributed by atoms with Gasteiger partial charge < -0.3 is 10.2 Å². The number of nitrogens with zero attached hydrogens (tertiary/aromatic N) is 2. The molecule has 6 heteroatoms. The highest BCUT2D eigenvalue weighted by molar-refractivity contribution is 5.76. The molecule has 0 bridgehead atoms. The van der Waals surface area contributed by atoms with E-state index in [9.17, 15) is 14.7 Å². The minimum Gasteiger partial charge on any atom is -0.481 e. The lowest BCUT2D eigenvalue weighted by atomic mass is 9.95. The van der Waals surface area contributed by atoms with E-state index in [1.165, 1.54) is 0 Å². The third kappa shape index (κ3) is 3.31. The number of likely N-dealkylation sites (N-methyl/N-ethyl adjacent to an activating group) is 2. The Bertz CT molecular complexity index is 450. The van der Waals surface area contributed by atoms with Crippen LogP contribution in [0.5, 0.6) is 0 Å². The molecule has 0 aromatic rings. The highest BCUT2D eigenvalue weighted by atomic mass is 16.4. The van der Waals surface area contributed by atoms with Crippen LogP contribution in [0.4, 0.5) is 0 Å². The summed E-state index contributed by atoms with van der Waals surface area (Å²) in [4.78, 5) is 23.0. The van der Waals surface area contributed by atoms with E-state index in [1.54, 1.807) is 0 Å². The van der Waals surface area contributed by atoms with E-state index < -0.39 is 17.6 Å². The van der Waals surface area contributed by atoms with Gasteiger partial charge in [0.15, 0.2) is 0 Å².